The number of benzene rings is 1. The number of carbonyl (C=O) groups excluding carboxylic acids is 2. The number of halogens is 5. The molecule has 178 valence electrons. The van der Waals surface area contributed by atoms with Gasteiger partial charge in [0.2, 0.25) is 5.82 Å². The lowest BCUT2D eigenvalue weighted by Crippen LogP contribution is -2.47. The van der Waals surface area contributed by atoms with Crippen LogP contribution in [-0.2, 0) is 9.53 Å². The van der Waals surface area contributed by atoms with Gasteiger partial charge in [-0.25, -0.2) is 4.39 Å². The summed E-state index contributed by atoms with van der Waals surface area (Å²) >= 11 is 0. The summed E-state index contributed by atoms with van der Waals surface area (Å²) in [7, 11) is 1.01. The van der Waals surface area contributed by atoms with Crippen molar-refractivity contribution in [1.29, 1.82) is 0 Å². The van der Waals surface area contributed by atoms with Gasteiger partial charge in [0.05, 0.1) is 8.48 Å². The summed E-state index contributed by atoms with van der Waals surface area (Å²) in [5.74, 6) is -8.43. The molecule has 12 heteroatoms. The van der Waals surface area contributed by atoms with Gasteiger partial charge < -0.3 is 20.5 Å². The first-order valence-corrected chi connectivity index (χ1v) is 9.57. The van der Waals surface area contributed by atoms with E-state index in [9.17, 15) is 31.5 Å². The number of aromatic nitrogens is 1. The third kappa shape index (κ3) is 4.22. The molecular weight excluding hydrogens is 453 g/mol. The van der Waals surface area contributed by atoms with E-state index in [1.807, 2.05) is 0 Å². The van der Waals surface area contributed by atoms with Gasteiger partial charge in [-0.3, -0.25) is 14.6 Å². The first kappa shape index (κ1) is 22.9. The normalized spacial score (nSPS) is 25.5. The van der Waals surface area contributed by atoms with Gasteiger partial charge in [-0.15, -0.1) is 0 Å². The van der Waals surface area contributed by atoms with Gasteiger partial charge in [0, 0.05) is 29.3 Å². The second-order valence-electron chi connectivity index (χ2n) is 7.63. The Bertz CT molecular complexity index is 1150. The molecule has 1 saturated heterocycles. The van der Waals surface area contributed by atoms with Gasteiger partial charge in [-0.2, -0.15) is 17.6 Å². The van der Waals surface area contributed by atoms with E-state index in [0.29, 0.717) is 6.07 Å². The second kappa shape index (κ2) is 8.58. The lowest BCUT2D eigenvalue weighted by atomic mass is 9.77. The molecule has 0 radical (unpaired) electrons. The zero-order valence-corrected chi connectivity index (χ0v) is 17.6. The number of nitrogens with one attached hydrogen (secondary N) is 1. The Labute approximate surface area is 186 Å². The minimum atomic E-state index is -4.93. The van der Waals surface area contributed by atoms with Crippen molar-refractivity contribution in [2.45, 2.75) is 37.6 Å². The van der Waals surface area contributed by atoms with E-state index in [1.165, 1.54) is 6.92 Å². The van der Waals surface area contributed by atoms with Crippen LogP contribution >= 0.6 is 0 Å². The number of anilines is 1. The van der Waals surface area contributed by atoms with Crippen LogP contribution in [0.25, 0.3) is 0 Å². The molecule has 1 aromatic heterocycles. The number of nitrogens with zero attached hydrogens (tertiary/aromatic N) is 1. The first-order valence-electron chi connectivity index (χ1n) is 10.1. The second-order valence-corrected chi connectivity index (χ2v) is 7.63. The molecular formula is C21H20F5N3O4. The van der Waals surface area contributed by atoms with Crippen molar-refractivity contribution < 1.29 is 42.4 Å². The van der Waals surface area contributed by atoms with E-state index in [1.54, 1.807) is 0 Å². The van der Waals surface area contributed by atoms with Crippen molar-refractivity contribution in [3.8, 4) is 5.75 Å². The van der Waals surface area contributed by atoms with Gasteiger partial charge in [-0.05, 0) is 25.1 Å². The number of nitrogens with two attached hydrogens (primary N) is 1. The minimum Gasteiger partial charge on any atom is -0.493 e. The van der Waals surface area contributed by atoms with Crippen molar-refractivity contribution >= 4 is 17.5 Å². The van der Waals surface area contributed by atoms with Gasteiger partial charge in [0.25, 0.3) is 11.8 Å². The van der Waals surface area contributed by atoms with Crippen LogP contribution in [-0.4, -0.2) is 41.8 Å². The van der Waals surface area contributed by atoms with E-state index < -0.39 is 70.7 Å². The quantitative estimate of drug-likeness (QED) is 0.646. The van der Waals surface area contributed by atoms with Crippen LogP contribution in [0.5, 0.6) is 5.75 Å². The highest BCUT2D eigenvalue weighted by molar-refractivity contribution is 5.97. The molecule has 0 aliphatic carbocycles. The lowest BCUT2D eigenvalue weighted by molar-refractivity contribution is -0.272. The number of primary amides is 1. The third-order valence-electron chi connectivity index (χ3n) is 5.76. The number of rotatable bonds is 5. The van der Waals surface area contributed by atoms with Crippen LogP contribution < -0.4 is 15.8 Å². The van der Waals surface area contributed by atoms with Crippen LogP contribution in [0.1, 0.15) is 37.2 Å². The molecule has 2 amide bonds. The Morgan fingerprint density at radius 3 is 2.55 bits per heavy atom. The molecule has 2 heterocycles. The Morgan fingerprint density at radius 1 is 1.30 bits per heavy atom. The van der Waals surface area contributed by atoms with Gasteiger partial charge >= 0.3 is 6.18 Å². The molecule has 0 unspecified atom stereocenters. The number of ether oxygens (including phenoxy) is 2. The highest BCUT2D eigenvalue weighted by Gasteiger charge is 2.65. The number of amides is 2. The van der Waals surface area contributed by atoms with E-state index in [4.69, 9.17) is 16.6 Å². The Hall–Kier alpha value is -3.28. The highest BCUT2D eigenvalue weighted by atomic mass is 19.4. The standard InChI is InChI=1S/C21H20F5N3O4/c1-9-14(11-4-5-12(22)15(23)16(11)32-3)17(33-20(9,2)21(24,25)26)19(31)29-10-6-7-28-13(8-10)18(27)30/h4-9,14,17H,1-3H3,(H2,27,30)(H,28,29,31)/t9-,14+,17-,20-/m1/s1/i8D. The summed E-state index contributed by atoms with van der Waals surface area (Å²) in [6, 6.07) is 2.32. The Kier molecular flexibility index (Phi) is 5.95. The average Bonchev–Trinajstić information content (AvgIpc) is 3.03. The zero-order chi connectivity index (χ0) is 25.6. The maximum absolute atomic E-state index is 14.4. The van der Waals surface area contributed by atoms with Crippen molar-refractivity contribution in [1.82, 2.24) is 4.98 Å². The van der Waals surface area contributed by atoms with Crippen LogP contribution in [0.3, 0.4) is 0 Å². The summed E-state index contributed by atoms with van der Waals surface area (Å²) < 4.78 is 88.2. The van der Waals surface area contributed by atoms with E-state index in [2.05, 4.69) is 10.3 Å². The smallest absolute Gasteiger partial charge is 0.417 e. The number of hydrogen-bond donors (Lipinski definition) is 2. The largest absolute Gasteiger partial charge is 0.493 e. The van der Waals surface area contributed by atoms with E-state index >= 15 is 0 Å². The van der Waals surface area contributed by atoms with Crippen LogP contribution in [0.2, 0.25) is 0 Å². The van der Waals surface area contributed by atoms with Gasteiger partial charge in [0.1, 0.15) is 11.8 Å². The van der Waals surface area contributed by atoms with E-state index in [0.717, 1.165) is 32.4 Å². The summed E-state index contributed by atoms with van der Waals surface area (Å²) in [5.41, 5.74) is 1.35. The Balaban J connectivity index is 2.11. The van der Waals surface area contributed by atoms with Crippen molar-refractivity contribution in [3.05, 3.63) is 53.3 Å². The molecule has 0 saturated carbocycles. The van der Waals surface area contributed by atoms with E-state index in [-0.39, 0.29) is 11.3 Å². The van der Waals surface area contributed by atoms with Crippen LogP contribution in [0, 0.1) is 17.6 Å². The van der Waals surface area contributed by atoms with Gasteiger partial charge in [-0.1, -0.05) is 13.0 Å². The van der Waals surface area contributed by atoms with Crippen LogP contribution in [0.4, 0.5) is 27.6 Å². The predicted octanol–water partition coefficient (Wildman–Crippen LogP) is 3.55. The lowest BCUT2D eigenvalue weighted by Gasteiger charge is -2.32. The number of alkyl halides is 3. The summed E-state index contributed by atoms with van der Waals surface area (Å²) in [5, 5.41) is 2.25. The molecule has 4 atom stereocenters. The van der Waals surface area contributed by atoms with Gasteiger partial charge in [0.15, 0.2) is 17.2 Å². The molecule has 3 N–H and O–H groups in total. The fourth-order valence-corrected chi connectivity index (χ4v) is 3.83. The molecule has 1 fully saturated rings. The number of pyridine rings is 1. The molecule has 2 aromatic rings. The summed E-state index contributed by atoms with van der Waals surface area (Å²) in [6.45, 7) is 1.91. The topological polar surface area (TPSA) is 104 Å². The SMILES string of the molecule is [2H]c1c(NC(=O)[C@@H]2O[C@@](C)(C(F)(F)F)[C@H](C)[C@H]2c2ccc(F)c(F)c2OC)ccnc1C(N)=O. The fraction of sp³-hybridized carbons (Fsp3) is 0.381. The molecule has 3 rings (SSSR count). The molecule has 0 spiro atoms. The van der Waals surface area contributed by atoms with Crippen molar-refractivity contribution in [2.24, 2.45) is 11.7 Å². The van der Waals surface area contributed by atoms with Crippen LogP contribution in [0.15, 0.2) is 30.4 Å². The predicted molar refractivity (Wildman–Crippen MR) is 106 cm³/mol. The molecule has 0 bridgehead atoms. The summed E-state index contributed by atoms with van der Waals surface area (Å²) in [6.07, 6.45) is -5.71. The Morgan fingerprint density at radius 2 is 1.97 bits per heavy atom. The fourth-order valence-electron chi connectivity index (χ4n) is 3.83. The maximum Gasteiger partial charge on any atom is 0.417 e. The van der Waals surface area contributed by atoms with Crippen molar-refractivity contribution in [3.63, 3.8) is 0 Å². The first-order chi connectivity index (χ1) is 15.7. The molecule has 1 aliphatic heterocycles. The number of carbonyl (C=O) groups is 2. The average molecular weight is 474 g/mol. The molecule has 1 aromatic carbocycles. The molecule has 33 heavy (non-hydrogen) atoms. The molecule has 7 nitrogen and oxygen atoms in total. The maximum atomic E-state index is 14.4. The molecule has 1 aliphatic rings. The zero-order valence-electron chi connectivity index (χ0n) is 18.6. The summed E-state index contributed by atoms with van der Waals surface area (Å²) in [4.78, 5) is 28.2. The monoisotopic (exact) mass is 474 g/mol. The number of hydrogen-bond acceptors (Lipinski definition) is 5. The highest BCUT2D eigenvalue weighted by Crippen LogP contribution is 2.55. The van der Waals surface area contributed by atoms with Crippen molar-refractivity contribution in [2.75, 3.05) is 12.4 Å². The number of methoxy groups -OCH3 is 1. The minimum absolute atomic E-state index is 0.208. The third-order valence-corrected chi connectivity index (χ3v) is 5.76.